The van der Waals surface area contributed by atoms with Gasteiger partial charge in [-0.25, -0.2) is 9.18 Å². The van der Waals surface area contributed by atoms with Gasteiger partial charge in [0, 0.05) is 19.7 Å². The van der Waals surface area contributed by atoms with Gasteiger partial charge >= 0.3 is 5.69 Å². The highest BCUT2D eigenvalue weighted by molar-refractivity contribution is 5.99. The van der Waals surface area contributed by atoms with Crippen molar-refractivity contribution >= 4 is 16.6 Å². The van der Waals surface area contributed by atoms with Crippen LogP contribution in [0.15, 0.2) is 82.4 Å². The summed E-state index contributed by atoms with van der Waals surface area (Å²) in [6.07, 6.45) is 0. The molecule has 0 amide bonds. The van der Waals surface area contributed by atoms with E-state index in [4.69, 9.17) is 0 Å². The molecule has 0 radical (unpaired) electrons. The largest absolute Gasteiger partial charge is 0.371 e. The van der Waals surface area contributed by atoms with Gasteiger partial charge in [-0.1, -0.05) is 48.5 Å². The number of benzene rings is 3. The minimum atomic E-state index is -0.413. The highest BCUT2D eigenvalue weighted by Gasteiger charge is 2.34. The summed E-state index contributed by atoms with van der Waals surface area (Å²) in [5.74, 6) is -0.327. The Labute approximate surface area is 200 Å². The second kappa shape index (κ2) is 7.56. The molecule has 174 valence electrons. The van der Waals surface area contributed by atoms with E-state index >= 15 is 0 Å². The number of nitrogens with one attached hydrogen (secondary N) is 1. The lowest BCUT2D eigenvalue weighted by atomic mass is 9.99. The number of halogens is 1. The van der Waals surface area contributed by atoms with Crippen LogP contribution in [-0.2, 0) is 14.1 Å². The molecule has 1 aliphatic heterocycles. The van der Waals surface area contributed by atoms with Crippen molar-refractivity contribution in [2.75, 3.05) is 5.32 Å². The van der Waals surface area contributed by atoms with E-state index in [1.54, 1.807) is 19.2 Å². The van der Waals surface area contributed by atoms with Gasteiger partial charge in [-0.15, -0.1) is 0 Å². The molecule has 6 nitrogen and oxygen atoms in total. The topological polar surface area (TPSA) is 61.0 Å². The average Bonchev–Trinajstić information content (AvgIpc) is 3.23. The summed E-state index contributed by atoms with van der Waals surface area (Å²) in [7, 11) is 3.20. The smallest absolute Gasteiger partial charge is 0.331 e. The number of para-hydroxylation sites is 2. The Balaban J connectivity index is 1.88. The predicted molar refractivity (Wildman–Crippen MR) is 136 cm³/mol. The molecule has 6 rings (SSSR count). The van der Waals surface area contributed by atoms with Crippen LogP contribution in [0, 0.1) is 12.7 Å². The van der Waals surface area contributed by atoms with Gasteiger partial charge in [-0.2, -0.15) is 0 Å². The number of hydrogen-bond donors (Lipinski definition) is 1. The zero-order valence-electron chi connectivity index (χ0n) is 19.5. The third kappa shape index (κ3) is 2.94. The van der Waals surface area contributed by atoms with E-state index in [9.17, 15) is 14.0 Å². The van der Waals surface area contributed by atoms with Gasteiger partial charge in [-0.05, 0) is 42.3 Å². The maximum absolute atomic E-state index is 13.8. The third-order valence-corrected chi connectivity index (χ3v) is 6.93. The molecule has 0 saturated heterocycles. The number of fused-ring (bicyclic) bond motifs is 5. The van der Waals surface area contributed by atoms with E-state index in [0.717, 1.165) is 44.0 Å². The van der Waals surface area contributed by atoms with Crippen LogP contribution in [0.4, 0.5) is 10.1 Å². The number of nitrogens with zero attached hydrogens (tertiary/aromatic N) is 3. The van der Waals surface area contributed by atoms with Crippen LogP contribution in [0.1, 0.15) is 22.9 Å². The van der Waals surface area contributed by atoms with Gasteiger partial charge in [0.1, 0.15) is 5.82 Å². The Kier molecular flexibility index (Phi) is 4.57. The van der Waals surface area contributed by atoms with Gasteiger partial charge < -0.3 is 9.88 Å². The van der Waals surface area contributed by atoms with E-state index in [1.165, 1.54) is 23.7 Å². The lowest BCUT2D eigenvalue weighted by Gasteiger charge is -2.31. The predicted octanol–water partition coefficient (Wildman–Crippen LogP) is 4.66. The second-order valence-corrected chi connectivity index (χ2v) is 8.96. The molecule has 0 saturated carbocycles. The Bertz CT molecular complexity index is 1760. The lowest BCUT2D eigenvalue weighted by Crippen LogP contribution is -2.37. The van der Waals surface area contributed by atoms with Crippen molar-refractivity contribution in [2.24, 2.45) is 14.1 Å². The van der Waals surface area contributed by atoms with Gasteiger partial charge in [0.25, 0.3) is 5.56 Å². The average molecular weight is 467 g/mol. The van der Waals surface area contributed by atoms with Crippen LogP contribution < -0.4 is 16.6 Å². The molecule has 0 aliphatic carbocycles. The number of rotatable bonds is 2. The first-order chi connectivity index (χ1) is 16.9. The zero-order valence-corrected chi connectivity index (χ0v) is 19.5. The number of aryl methyl sites for hydroxylation is 2. The van der Waals surface area contributed by atoms with Crippen molar-refractivity contribution in [3.63, 3.8) is 0 Å². The van der Waals surface area contributed by atoms with Crippen molar-refractivity contribution < 1.29 is 4.39 Å². The summed E-state index contributed by atoms with van der Waals surface area (Å²) in [6, 6.07) is 21.7. The van der Waals surface area contributed by atoms with Crippen molar-refractivity contribution in [1.82, 2.24) is 13.7 Å². The standard InChI is InChI=1S/C28H23FN4O2/c1-16-8-4-5-9-19(16)24-22-25(31(2)28(35)32(3)27(22)34)26-23(17-12-14-18(29)15-13-17)30-20-10-6-7-11-21(20)33(24)26/h4-15,23,30H,1-3H3. The maximum Gasteiger partial charge on any atom is 0.331 e. The van der Waals surface area contributed by atoms with E-state index in [1.807, 2.05) is 55.5 Å². The van der Waals surface area contributed by atoms with Crippen molar-refractivity contribution in [3.8, 4) is 16.9 Å². The zero-order chi connectivity index (χ0) is 24.4. The van der Waals surface area contributed by atoms with E-state index in [0.29, 0.717) is 10.9 Å². The monoisotopic (exact) mass is 466 g/mol. The van der Waals surface area contributed by atoms with E-state index in [-0.39, 0.29) is 11.4 Å². The SMILES string of the molecule is Cc1ccccc1-c1c2c(=O)n(C)c(=O)n(C)c2c2n1-c1ccccc1NC2c1ccc(F)cc1. The van der Waals surface area contributed by atoms with Gasteiger partial charge in [-0.3, -0.25) is 13.9 Å². The van der Waals surface area contributed by atoms with Gasteiger partial charge in [0.05, 0.1) is 39.7 Å². The minimum Gasteiger partial charge on any atom is -0.371 e. The fourth-order valence-corrected chi connectivity index (χ4v) is 5.22. The molecule has 0 fully saturated rings. The van der Waals surface area contributed by atoms with Crippen LogP contribution in [0.2, 0.25) is 0 Å². The summed E-state index contributed by atoms with van der Waals surface area (Å²) >= 11 is 0. The molecule has 1 unspecified atom stereocenters. The van der Waals surface area contributed by atoms with E-state index < -0.39 is 11.7 Å². The molecule has 1 aliphatic rings. The van der Waals surface area contributed by atoms with Crippen LogP contribution in [0.5, 0.6) is 0 Å². The summed E-state index contributed by atoms with van der Waals surface area (Å²) in [5, 5.41) is 4.05. The molecular weight excluding hydrogens is 443 g/mol. The normalized spacial score (nSPS) is 14.5. The second-order valence-electron chi connectivity index (χ2n) is 8.96. The minimum absolute atomic E-state index is 0.327. The van der Waals surface area contributed by atoms with Crippen molar-refractivity contribution in [2.45, 2.75) is 13.0 Å². The lowest BCUT2D eigenvalue weighted by molar-refractivity contribution is 0.626. The Hall–Kier alpha value is -4.39. The molecule has 35 heavy (non-hydrogen) atoms. The molecule has 0 bridgehead atoms. The highest BCUT2D eigenvalue weighted by Crippen LogP contribution is 2.45. The maximum atomic E-state index is 13.8. The van der Waals surface area contributed by atoms with Crippen molar-refractivity contribution in [3.05, 3.63) is 116 Å². The first-order valence-electron chi connectivity index (χ1n) is 11.4. The Morgan fingerprint density at radius 1 is 0.857 bits per heavy atom. The van der Waals surface area contributed by atoms with Crippen LogP contribution in [-0.4, -0.2) is 13.7 Å². The highest BCUT2D eigenvalue weighted by atomic mass is 19.1. The molecule has 0 spiro atoms. The molecule has 1 atom stereocenters. The van der Waals surface area contributed by atoms with Crippen LogP contribution in [0.25, 0.3) is 27.8 Å². The Morgan fingerprint density at radius 3 is 2.29 bits per heavy atom. The molecule has 2 aromatic heterocycles. The van der Waals surface area contributed by atoms with Gasteiger partial charge in [0.2, 0.25) is 0 Å². The van der Waals surface area contributed by atoms with E-state index in [2.05, 4.69) is 9.88 Å². The number of hydrogen-bond acceptors (Lipinski definition) is 3. The fourth-order valence-electron chi connectivity index (χ4n) is 5.22. The summed E-state index contributed by atoms with van der Waals surface area (Å²) in [5.41, 5.74) is 5.83. The molecule has 5 aromatic rings. The molecule has 1 N–H and O–H groups in total. The summed E-state index contributed by atoms with van der Waals surface area (Å²) in [6.45, 7) is 2.01. The number of aromatic nitrogens is 3. The quantitative estimate of drug-likeness (QED) is 0.412. The first kappa shape index (κ1) is 21.2. The Morgan fingerprint density at radius 2 is 1.54 bits per heavy atom. The molecule has 3 aromatic carbocycles. The summed E-state index contributed by atoms with van der Waals surface area (Å²) in [4.78, 5) is 26.8. The molecule has 3 heterocycles. The van der Waals surface area contributed by atoms with Crippen LogP contribution in [0.3, 0.4) is 0 Å². The van der Waals surface area contributed by atoms with Crippen LogP contribution >= 0.6 is 0 Å². The fraction of sp³-hybridized carbons (Fsp3) is 0.143. The van der Waals surface area contributed by atoms with Crippen molar-refractivity contribution in [1.29, 1.82) is 0 Å². The summed E-state index contributed by atoms with van der Waals surface area (Å²) < 4.78 is 18.6. The third-order valence-electron chi connectivity index (χ3n) is 6.93. The number of anilines is 1. The first-order valence-corrected chi connectivity index (χ1v) is 11.4. The molecular formula is C28H23FN4O2. The molecule has 7 heteroatoms. The van der Waals surface area contributed by atoms with Gasteiger partial charge in [0.15, 0.2) is 0 Å².